The molecule has 1 fully saturated rings. The van der Waals surface area contributed by atoms with Gasteiger partial charge < -0.3 is 9.64 Å². The summed E-state index contributed by atoms with van der Waals surface area (Å²) in [5.74, 6) is -0.921. The van der Waals surface area contributed by atoms with E-state index in [4.69, 9.17) is 16.3 Å². The highest BCUT2D eigenvalue weighted by molar-refractivity contribution is 7.13. The molecule has 0 saturated carbocycles. The van der Waals surface area contributed by atoms with E-state index in [0.29, 0.717) is 42.5 Å². The van der Waals surface area contributed by atoms with E-state index in [1.807, 2.05) is 17.0 Å². The van der Waals surface area contributed by atoms with Crippen LogP contribution < -0.4 is 0 Å². The van der Waals surface area contributed by atoms with Crippen molar-refractivity contribution < 1.29 is 18.7 Å². The van der Waals surface area contributed by atoms with Gasteiger partial charge in [0.1, 0.15) is 22.6 Å². The van der Waals surface area contributed by atoms with Gasteiger partial charge in [-0.15, -0.1) is 11.3 Å². The molecule has 0 bridgehead atoms. The minimum absolute atomic E-state index is 0.141. The highest BCUT2D eigenvalue weighted by atomic mass is 35.5. The Morgan fingerprint density at radius 2 is 1.72 bits per heavy atom. The SMILES string of the molecule is COC(=O)[C@@H](c1ccc(F)cc1)N1CCN(C(=O)c2csc(-c3ccc(Cl)cc3)n2)CC1. The van der Waals surface area contributed by atoms with Crippen LogP contribution >= 0.6 is 22.9 Å². The molecule has 1 aliphatic rings. The van der Waals surface area contributed by atoms with Crippen LogP contribution in [0.15, 0.2) is 53.9 Å². The number of halogens is 2. The molecule has 2 aromatic carbocycles. The van der Waals surface area contributed by atoms with Crippen molar-refractivity contribution in [3.05, 3.63) is 76.0 Å². The second-order valence-corrected chi connectivity index (χ2v) is 8.64. The van der Waals surface area contributed by atoms with E-state index in [1.54, 1.807) is 34.5 Å². The second kappa shape index (κ2) is 9.77. The number of esters is 1. The van der Waals surface area contributed by atoms with Crippen LogP contribution in [0.2, 0.25) is 5.02 Å². The molecule has 0 N–H and O–H groups in total. The van der Waals surface area contributed by atoms with Crippen LogP contribution in [0.4, 0.5) is 4.39 Å². The molecular formula is C23H21ClFN3O3S. The van der Waals surface area contributed by atoms with Gasteiger partial charge in [-0.25, -0.2) is 14.2 Å². The molecule has 1 atom stereocenters. The molecule has 32 heavy (non-hydrogen) atoms. The molecule has 166 valence electrons. The lowest BCUT2D eigenvalue weighted by Crippen LogP contribution is -2.51. The zero-order valence-corrected chi connectivity index (χ0v) is 18.9. The normalized spacial score (nSPS) is 15.4. The molecule has 9 heteroatoms. The van der Waals surface area contributed by atoms with E-state index in [0.717, 1.165) is 10.6 Å². The number of methoxy groups -OCH3 is 1. The number of piperazine rings is 1. The summed E-state index contributed by atoms with van der Waals surface area (Å²) in [5.41, 5.74) is 1.96. The first kappa shape index (κ1) is 22.4. The fourth-order valence-corrected chi connectivity index (χ4v) is 4.62. The maximum Gasteiger partial charge on any atom is 0.327 e. The number of thiazole rings is 1. The number of ether oxygens (including phenoxy) is 1. The molecule has 4 rings (SSSR count). The number of aromatic nitrogens is 1. The summed E-state index contributed by atoms with van der Waals surface area (Å²) < 4.78 is 18.3. The van der Waals surface area contributed by atoms with E-state index in [1.165, 1.54) is 30.6 Å². The Bertz CT molecular complexity index is 1100. The van der Waals surface area contributed by atoms with Crippen LogP contribution in [0, 0.1) is 5.82 Å². The Morgan fingerprint density at radius 1 is 1.06 bits per heavy atom. The van der Waals surface area contributed by atoms with Crippen molar-refractivity contribution in [1.82, 2.24) is 14.8 Å². The van der Waals surface area contributed by atoms with Gasteiger partial charge in [0.05, 0.1) is 7.11 Å². The Kier molecular flexibility index (Phi) is 6.83. The molecule has 3 aromatic rings. The lowest BCUT2D eigenvalue weighted by atomic mass is 10.0. The van der Waals surface area contributed by atoms with Gasteiger partial charge in [-0.1, -0.05) is 35.9 Å². The van der Waals surface area contributed by atoms with Gasteiger partial charge in [-0.2, -0.15) is 0 Å². The number of rotatable bonds is 5. The largest absolute Gasteiger partial charge is 0.468 e. The average Bonchev–Trinajstić information content (AvgIpc) is 3.31. The van der Waals surface area contributed by atoms with Gasteiger partial charge in [-0.05, 0) is 29.8 Å². The smallest absolute Gasteiger partial charge is 0.327 e. The first-order valence-electron chi connectivity index (χ1n) is 10.0. The summed E-state index contributed by atoms with van der Waals surface area (Å²) in [6.07, 6.45) is 0. The summed E-state index contributed by atoms with van der Waals surface area (Å²) in [7, 11) is 1.33. The molecule has 1 aliphatic heterocycles. The number of nitrogens with zero attached hydrogens (tertiary/aromatic N) is 3. The van der Waals surface area contributed by atoms with Crippen molar-refractivity contribution >= 4 is 34.8 Å². The predicted molar refractivity (Wildman–Crippen MR) is 121 cm³/mol. The van der Waals surface area contributed by atoms with Gasteiger partial charge in [0.2, 0.25) is 0 Å². The minimum atomic E-state index is -0.645. The third-order valence-electron chi connectivity index (χ3n) is 5.39. The van der Waals surface area contributed by atoms with Crippen LogP contribution in [0.5, 0.6) is 0 Å². The van der Waals surface area contributed by atoms with Crippen molar-refractivity contribution in [3.63, 3.8) is 0 Å². The molecular weight excluding hydrogens is 453 g/mol. The van der Waals surface area contributed by atoms with Crippen LogP contribution in [-0.2, 0) is 9.53 Å². The first-order chi connectivity index (χ1) is 15.5. The minimum Gasteiger partial charge on any atom is -0.468 e. The zero-order valence-electron chi connectivity index (χ0n) is 17.3. The predicted octanol–water partition coefficient (Wildman–Crippen LogP) is 4.27. The molecule has 0 radical (unpaired) electrons. The van der Waals surface area contributed by atoms with Crippen molar-refractivity contribution in [2.45, 2.75) is 6.04 Å². The standard InChI is InChI=1S/C23H21ClFN3O3S/c1-31-23(30)20(15-4-8-18(25)9-5-15)27-10-12-28(13-11-27)22(29)19-14-32-21(26-19)16-2-6-17(24)7-3-16/h2-9,14,20H,10-13H2,1H3/t20-/m1/s1. The second-order valence-electron chi connectivity index (χ2n) is 7.35. The van der Waals surface area contributed by atoms with Crippen molar-refractivity contribution in [2.75, 3.05) is 33.3 Å². The Hall–Kier alpha value is -2.81. The average molecular weight is 474 g/mol. The number of carbonyl (C=O) groups excluding carboxylic acids is 2. The van der Waals surface area contributed by atoms with E-state index in [2.05, 4.69) is 4.98 Å². The van der Waals surface area contributed by atoms with Gasteiger partial charge in [0, 0.05) is 42.1 Å². The molecule has 0 unspecified atom stereocenters. The quantitative estimate of drug-likeness (QED) is 0.518. The van der Waals surface area contributed by atoms with E-state index in [9.17, 15) is 14.0 Å². The molecule has 1 aromatic heterocycles. The lowest BCUT2D eigenvalue weighted by Gasteiger charge is -2.38. The third kappa shape index (κ3) is 4.82. The third-order valence-corrected chi connectivity index (χ3v) is 6.53. The van der Waals surface area contributed by atoms with E-state index in [-0.39, 0.29) is 11.7 Å². The van der Waals surface area contributed by atoms with Crippen LogP contribution in [0.25, 0.3) is 10.6 Å². The highest BCUT2D eigenvalue weighted by Gasteiger charge is 2.33. The zero-order chi connectivity index (χ0) is 22.7. The van der Waals surface area contributed by atoms with Crippen molar-refractivity contribution in [3.8, 4) is 10.6 Å². The summed E-state index contributed by atoms with van der Waals surface area (Å²) in [6.45, 7) is 1.86. The maximum atomic E-state index is 13.3. The van der Waals surface area contributed by atoms with Crippen molar-refractivity contribution in [1.29, 1.82) is 0 Å². The van der Waals surface area contributed by atoms with Gasteiger partial charge in [0.15, 0.2) is 0 Å². The number of amides is 1. The summed E-state index contributed by atoms with van der Waals surface area (Å²) >= 11 is 7.35. The van der Waals surface area contributed by atoms with E-state index >= 15 is 0 Å². The summed E-state index contributed by atoms with van der Waals surface area (Å²) in [4.78, 5) is 33.6. The van der Waals surface area contributed by atoms with Gasteiger partial charge in [-0.3, -0.25) is 9.69 Å². The fraction of sp³-hybridized carbons (Fsp3) is 0.261. The number of hydrogen-bond donors (Lipinski definition) is 0. The van der Waals surface area contributed by atoms with Crippen molar-refractivity contribution in [2.24, 2.45) is 0 Å². The number of hydrogen-bond acceptors (Lipinski definition) is 6. The molecule has 1 saturated heterocycles. The summed E-state index contributed by atoms with van der Waals surface area (Å²) in [6, 6.07) is 12.5. The topological polar surface area (TPSA) is 62.7 Å². The first-order valence-corrected chi connectivity index (χ1v) is 11.3. The van der Waals surface area contributed by atoms with E-state index < -0.39 is 12.0 Å². The monoisotopic (exact) mass is 473 g/mol. The van der Waals surface area contributed by atoms with Crippen LogP contribution in [-0.4, -0.2) is 59.9 Å². The van der Waals surface area contributed by atoms with Crippen LogP contribution in [0.3, 0.4) is 0 Å². The molecule has 6 nitrogen and oxygen atoms in total. The molecule has 0 spiro atoms. The molecule has 2 heterocycles. The lowest BCUT2D eigenvalue weighted by molar-refractivity contribution is -0.148. The Labute approximate surface area is 194 Å². The van der Waals surface area contributed by atoms with Crippen LogP contribution in [0.1, 0.15) is 22.1 Å². The van der Waals surface area contributed by atoms with Gasteiger partial charge >= 0.3 is 5.97 Å². The fourth-order valence-electron chi connectivity index (χ4n) is 3.69. The number of benzene rings is 2. The molecule has 0 aliphatic carbocycles. The van der Waals surface area contributed by atoms with Gasteiger partial charge in [0.25, 0.3) is 5.91 Å². The Balaban J connectivity index is 1.43. The maximum absolute atomic E-state index is 13.3. The number of carbonyl (C=O) groups is 2. The molecule has 1 amide bonds. The summed E-state index contributed by atoms with van der Waals surface area (Å²) in [5, 5.41) is 3.16. The highest BCUT2D eigenvalue weighted by Crippen LogP contribution is 2.27. The Morgan fingerprint density at radius 3 is 2.34 bits per heavy atom.